The van der Waals surface area contributed by atoms with E-state index >= 15 is 0 Å². The molecule has 0 aliphatic heterocycles. The van der Waals surface area contributed by atoms with Gasteiger partial charge in [0, 0.05) is 6.54 Å². The Bertz CT molecular complexity index is 678. The molecule has 23 heavy (non-hydrogen) atoms. The number of esters is 1. The number of hydrogen-bond donors (Lipinski definition) is 1. The van der Waals surface area contributed by atoms with Gasteiger partial charge in [0.05, 0.1) is 18.7 Å². The summed E-state index contributed by atoms with van der Waals surface area (Å²) in [6, 6.07) is 5.50. The normalized spacial score (nSPS) is 11.8. The molecule has 2 rings (SSSR count). The van der Waals surface area contributed by atoms with E-state index < -0.39 is 23.5 Å². The van der Waals surface area contributed by atoms with Crippen molar-refractivity contribution in [3.8, 4) is 0 Å². The molecule has 1 heterocycles. The predicted octanol–water partition coefficient (Wildman–Crippen LogP) is 2.69. The number of nitrogens with zero attached hydrogens (tertiary/aromatic N) is 2. The van der Waals surface area contributed by atoms with Crippen molar-refractivity contribution < 1.29 is 18.3 Å². The fourth-order valence-corrected chi connectivity index (χ4v) is 2.15. The molecule has 0 fully saturated rings. The van der Waals surface area contributed by atoms with E-state index in [1.165, 1.54) is 37.7 Å². The van der Waals surface area contributed by atoms with E-state index in [-0.39, 0.29) is 12.4 Å². The van der Waals surface area contributed by atoms with Crippen LogP contribution in [-0.4, -0.2) is 29.6 Å². The molecule has 0 spiro atoms. The molecule has 122 valence electrons. The Labute approximate surface area is 132 Å². The average Bonchev–Trinajstić information content (AvgIpc) is 2.57. The number of carbonyl (C=O) groups is 1. The van der Waals surface area contributed by atoms with Crippen molar-refractivity contribution in [3.05, 3.63) is 53.5 Å². The summed E-state index contributed by atoms with van der Waals surface area (Å²) in [5.41, 5.74) is 0.856. The predicted molar refractivity (Wildman–Crippen MR) is 81.0 cm³/mol. The molecular weight excluding hydrogens is 304 g/mol. The topological polar surface area (TPSA) is 64.1 Å². The number of carbonyl (C=O) groups excluding carboxylic acids is 1. The highest BCUT2D eigenvalue weighted by Gasteiger charge is 2.22. The third kappa shape index (κ3) is 4.00. The van der Waals surface area contributed by atoms with E-state index in [0.717, 1.165) is 0 Å². The van der Waals surface area contributed by atoms with Gasteiger partial charge >= 0.3 is 5.97 Å². The van der Waals surface area contributed by atoms with Gasteiger partial charge in [-0.1, -0.05) is 19.1 Å². The largest absolute Gasteiger partial charge is 0.468 e. The molecule has 7 heteroatoms. The maximum Gasteiger partial charge on any atom is 0.314 e. The van der Waals surface area contributed by atoms with Gasteiger partial charge in [-0.05, 0) is 24.1 Å². The van der Waals surface area contributed by atoms with E-state index in [2.05, 4.69) is 15.3 Å². The first kappa shape index (κ1) is 16.8. The van der Waals surface area contributed by atoms with Gasteiger partial charge in [-0.3, -0.25) is 4.79 Å². The maximum atomic E-state index is 14.1. The molecule has 0 aliphatic rings. The first-order chi connectivity index (χ1) is 11.1. The van der Waals surface area contributed by atoms with Crippen LogP contribution in [0.25, 0.3) is 0 Å². The van der Waals surface area contributed by atoms with Gasteiger partial charge in [0.1, 0.15) is 12.1 Å². The summed E-state index contributed by atoms with van der Waals surface area (Å²) >= 11 is 0. The van der Waals surface area contributed by atoms with Gasteiger partial charge in [-0.25, -0.2) is 18.7 Å². The lowest BCUT2D eigenvalue weighted by Crippen LogP contribution is -2.23. The SMILES string of the molecule is CCc1ncnc(NCC(C(=O)OC)c2ccc(F)cc2)c1F. The second-order valence-electron chi connectivity index (χ2n) is 4.84. The van der Waals surface area contributed by atoms with Crippen molar-refractivity contribution in [1.29, 1.82) is 0 Å². The number of hydrogen-bond acceptors (Lipinski definition) is 5. The molecule has 1 unspecified atom stereocenters. The Morgan fingerprint density at radius 2 is 1.96 bits per heavy atom. The van der Waals surface area contributed by atoms with Crippen LogP contribution in [0.4, 0.5) is 14.6 Å². The first-order valence-electron chi connectivity index (χ1n) is 7.13. The molecule has 0 amide bonds. The molecule has 0 bridgehead atoms. The second-order valence-corrected chi connectivity index (χ2v) is 4.84. The Morgan fingerprint density at radius 3 is 2.57 bits per heavy atom. The van der Waals surface area contributed by atoms with E-state index in [1.54, 1.807) is 6.92 Å². The molecule has 0 aliphatic carbocycles. The van der Waals surface area contributed by atoms with Crippen molar-refractivity contribution >= 4 is 11.8 Å². The Balaban J connectivity index is 2.19. The maximum absolute atomic E-state index is 14.1. The van der Waals surface area contributed by atoms with Gasteiger partial charge < -0.3 is 10.1 Å². The summed E-state index contributed by atoms with van der Waals surface area (Å²) in [5, 5.41) is 2.80. The summed E-state index contributed by atoms with van der Waals surface area (Å²) in [4.78, 5) is 19.6. The zero-order valence-electron chi connectivity index (χ0n) is 12.8. The van der Waals surface area contributed by atoms with Crippen molar-refractivity contribution in [3.63, 3.8) is 0 Å². The number of anilines is 1. The second kappa shape index (κ2) is 7.62. The molecule has 0 radical (unpaired) electrons. The summed E-state index contributed by atoms with van der Waals surface area (Å²) in [6.45, 7) is 1.85. The van der Waals surface area contributed by atoms with Crippen LogP contribution in [0, 0.1) is 11.6 Å². The van der Waals surface area contributed by atoms with E-state index in [4.69, 9.17) is 4.74 Å². The fraction of sp³-hybridized carbons (Fsp3) is 0.312. The first-order valence-corrected chi connectivity index (χ1v) is 7.13. The quantitative estimate of drug-likeness (QED) is 0.829. The summed E-state index contributed by atoms with van der Waals surface area (Å²) < 4.78 is 31.9. The smallest absolute Gasteiger partial charge is 0.314 e. The van der Waals surface area contributed by atoms with Gasteiger partial charge in [0.2, 0.25) is 0 Å². The zero-order chi connectivity index (χ0) is 16.8. The van der Waals surface area contributed by atoms with Crippen LogP contribution in [0.5, 0.6) is 0 Å². The Hall–Kier alpha value is -2.57. The van der Waals surface area contributed by atoms with E-state index in [9.17, 15) is 13.6 Å². The number of rotatable bonds is 6. The highest BCUT2D eigenvalue weighted by molar-refractivity contribution is 5.78. The fourth-order valence-electron chi connectivity index (χ4n) is 2.15. The molecule has 1 aromatic carbocycles. The molecule has 0 saturated carbocycles. The molecule has 5 nitrogen and oxygen atoms in total. The van der Waals surface area contributed by atoms with Gasteiger partial charge in [-0.2, -0.15) is 0 Å². The molecule has 1 N–H and O–H groups in total. The Kier molecular flexibility index (Phi) is 5.56. The number of methoxy groups -OCH3 is 1. The van der Waals surface area contributed by atoms with E-state index in [0.29, 0.717) is 17.7 Å². The highest BCUT2D eigenvalue weighted by Crippen LogP contribution is 2.20. The standard InChI is InChI=1S/C16H17F2N3O2/c1-3-13-14(18)15(21-9-20-13)19-8-12(16(22)23-2)10-4-6-11(17)7-5-10/h4-7,9,12H,3,8H2,1-2H3,(H,19,20,21). The number of aryl methyl sites for hydroxylation is 1. The minimum absolute atomic E-state index is 0.0212. The van der Waals surface area contributed by atoms with Crippen LogP contribution in [0.3, 0.4) is 0 Å². The van der Waals surface area contributed by atoms with Crippen LogP contribution in [0.2, 0.25) is 0 Å². The number of benzene rings is 1. The monoisotopic (exact) mass is 321 g/mol. The lowest BCUT2D eigenvalue weighted by Gasteiger charge is -2.16. The number of aromatic nitrogens is 2. The lowest BCUT2D eigenvalue weighted by atomic mass is 9.99. The van der Waals surface area contributed by atoms with Crippen LogP contribution in [0.15, 0.2) is 30.6 Å². The number of halogens is 2. The number of ether oxygens (including phenoxy) is 1. The third-order valence-corrected chi connectivity index (χ3v) is 3.43. The van der Waals surface area contributed by atoms with Crippen molar-refractivity contribution in [2.24, 2.45) is 0 Å². The van der Waals surface area contributed by atoms with Crippen LogP contribution in [-0.2, 0) is 16.0 Å². The average molecular weight is 321 g/mol. The molecule has 1 atom stereocenters. The van der Waals surface area contributed by atoms with Crippen molar-refractivity contribution in [2.75, 3.05) is 19.0 Å². The molecule has 1 aromatic heterocycles. The summed E-state index contributed by atoms with van der Waals surface area (Å²) in [7, 11) is 1.26. The van der Waals surface area contributed by atoms with E-state index in [1.807, 2.05) is 0 Å². The van der Waals surface area contributed by atoms with Crippen LogP contribution in [0.1, 0.15) is 24.1 Å². The van der Waals surface area contributed by atoms with Crippen molar-refractivity contribution in [1.82, 2.24) is 9.97 Å². The van der Waals surface area contributed by atoms with Crippen molar-refractivity contribution in [2.45, 2.75) is 19.3 Å². The lowest BCUT2D eigenvalue weighted by molar-refractivity contribution is -0.142. The third-order valence-electron chi connectivity index (χ3n) is 3.43. The van der Waals surface area contributed by atoms with Gasteiger partial charge in [0.25, 0.3) is 0 Å². The van der Waals surface area contributed by atoms with Gasteiger partial charge in [-0.15, -0.1) is 0 Å². The molecular formula is C16H17F2N3O2. The zero-order valence-corrected chi connectivity index (χ0v) is 12.8. The summed E-state index contributed by atoms with van der Waals surface area (Å²) in [6.07, 6.45) is 1.69. The van der Waals surface area contributed by atoms with Crippen LogP contribution >= 0.6 is 0 Å². The molecule has 2 aromatic rings. The Morgan fingerprint density at radius 1 is 1.26 bits per heavy atom. The minimum Gasteiger partial charge on any atom is -0.468 e. The molecule has 0 saturated heterocycles. The highest BCUT2D eigenvalue weighted by atomic mass is 19.1. The van der Waals surface area contributed by atoms with Crippen LogP contribution < -0.4 is 5.32 Å². The summed E-state index contributed by atoms with van der Waals surface area (Å²) in [5.74, 6) is -2.14. The van der Waals surface area contributed by atoms with Gasteiger partial charge in [0.15, 0.2) is 11.6 Å². The number of nitrogens with one attached hydrogen (secondary N) is 1. The minimum atomic E-state index is -0.708.